The largest absolute Gasteiger partial charge is 0.289 e. The first-order chi connectivity index (χ1) is 10.3. The molecule has 4 rings (SSSR count). The average Bonchev–Trinajstić information content (AvgIpc) is 2.93. The first kappa shape index (κ1) is 12.3. The highest BCUT2D eigenvalue weighted by Crippen LogP contribution is 2.34. The normalized spacial score (nSPS) is 11.0. The Morgan fingerprint density at radius 1 is 0.667 bits per heavy atom. The van der Waals surface area contributed by atoms with Gasteiger partial charge in [0.25, 0.3) is 0 Å². The number of thiophene rings is 1. The first-order valence-corrected chi connectivity index (χ1v) is 7.65. The van der Waals surface area contributed by atoms with Gasteiger partial charge in [-0.1, -0.05) is 48.5 Å². The summed E-state index contributed by atoms with van der Waals surface area (Å²) in [6.07, 6.45) is 0. The van der Waals surface area contributed by atoms with E-state index in [1.165, 1.54) is 14.8 Å². The molecule has 0 bridgehead atoms. The Bertz CT molecular complexity index is 951. The van der Waals surface area contributed by atoms with Gasteiger partial charge in [-0.15, -0.1) is 11.3 Å². The summed E-state index contributed by atoms with van der Waals surface area (Å²) in [6, 6.07) is 23.8. The maximum absolute atomic E-state index is 12.6. The molecule has 0 aliphatic carbocycles. The van der Waals surface area contributed by atoms with Gasteiger partial charge in [0, 0.05) is 31.3 Å². The van der Waals surface area contributed by atoms with E-state index in [2.05, 4.69) is 18.2 Å². The summed E-state index contributed by atoms with van der Waals surface area (Å²) in [5, 5.41) is 2.39. The van der Waals surface area contributed by atoms with Crippen molar-refractivity contribution in [2.75, 3.05) is 0 Å². The van der Waals surface area contributed by atoms with Gasteiger partial charge in [-0.25, -0.2) is 0 Å². The Morgan fingerprint density at radius 2 is 1.38 bits per heavy atom. The predicted molar refractivity (Wildman–Crippen MR) is 89.2 cm³/mol. The summed E-state index contributed by atoms with van der Waals surface area (Å²) in [5.74, 6) is 0.0766. The van der Waals surface area contributed by atoms with E-state index in [9.17, 15) is 4.79 Å². The van der Waals surface area contributed by atoms with Gasteiger partial charge < -0.3 is 0 Å². The third-order valence-electron chi connectivity index (χ3n) is 3.67. The quantitative estimate of drug-likeness (QED) is 0.458. The molecule has 0 N–H and O–H groups in total. The third kappa shape index (κ3) is 2.05. The molecule has 0 saturated heterocycles. The Hall–Kier alpha value is -2.45. The maximum Gasteiger partial charge on any atom is 0.193 e. The van der Waals surface area contributed by atoms with Gasteiger partial charge in [0.05, 0.1) is 0 Å². The van der Waals surface area contributed by atoms with Crippen molar-refractivity contribution in [2.24, 2.45) is 0 Å². The minimum Gasteiger partial charge on any atom is -0.289 e. The Balaban J connectivity index is 1.90. The van der Waals surface area contributed by atoms with E-state index < -0.39 is 0 Å². The van der Waals surface area contributed by atoms with Crippen LogP contribution in [-0.2, 0) is 0 Å². The van der Waals surface area contributed by atoms with E-state index in [1.807, 2.05) is 54.6 Å². The lowest BCUT2D eigenvalue weighted by molar-refractivity contribution is 0.103. The van der Waals surface area contributed by atoms with E-state index in [0.29, 0.717) is 0 Å². The monoisotopic (exact) mass is 288 g/mol. The Labute approximate surface area is 126 Å². The molecule has 0 atom stereocenters. The maximum atomic E-state index is 12.6. The SMILES string of the molecule is O=C(c1ccccc1)c1ccc2sc3ccccc3c2c1. The van der Waals surface area contributed by atoms with Crippen molar-refractivity contribution in [2.45, 2.75) is 0 Å². The van der Waals surface area contributed by atoms with Crippen LogP contribution in [-0.4, -0.2) is 5.78 Å². The van der Waals surface area contributed by atoms with Gasteiger partial charge in [-0.2, -0.15) is 0 Å². The summed E-state index contributed by atoms with van der Waals surface area (Å²) < 4.78 is 2.48. The number of hydrogen-bond acceptors (Lipinski definition) is 2. The van der Waals surface area contributed by atoms with Crippen molar-refractivity contribution in [3.05, 3.63) is 83.9 Å². The van der Waals surface area contributed by atoms with Gasteiger partial charge in [0.2, 0.25) is 0 Å². The molecule has 4 aromatic rings. The lowest BCUT2D eigenvalue weighted by Gasteiger charge is -2.01. The number of fused-ring (bicyclic) bond motifs is 3. The molecule has 1 heterocycles. The summed E-state index contributed by atoms with van der Waals surface area (Å²) in [6.45, 7) is 0. The molecule has 0 amide bonds. The molecule has 0 aliphatic heterocycles. The van der Waals surface area contributed by atoms with Crippen LogP contribution in [0.5, 0.6) is 0 Å². The van der Waals surface area contributed by atoms with E-state index >= 15 is 0 Å². The van der Waals surface area contributed by atoms with Crippen molar-refractivity contribution in [3.63, 3.8) is 0 Å². The Morgan fingerprint density at radius 3 is 2.24 bits per heavy atom. The van der Waals surface area contributed by atoms with Gasteiger partial charge in [-0.3, -0.25) is 4.79 Å². The van der Waals surface area contributed by atoms with Crippen molar-refractivity contribution in [3.8, 4) is 0 Å². The van der Waals surface area contributed by atoms with Crippen LogP contribution >= 0.6 is 11.3 Å². The summed E-state index contributed by atoms with van der Waals surface area (Å²) in [4.78, 5) is 12.6. The van der Waals surface area contributed by atoms with Gasteiger partial charge in [-0.05, 0) is 24.3 Å². The second-order valence-corrected chi connectivity index (χ2v) is 6.09. The molecule has 100 valence electrons. The van der Waals surface area contributed by atoms with Crippen LogP contribution in [0, 0.1) is 0 Å². The zero-order valence-corrected chi connectivity index (χ0v) is 12.1. The molecule has 0 saturated carbocycles. The first-order valence-electron chi connectivity index (χ1n) is 6.84. The highest BCUT2D eigenvalue weighted by Gasteiger charge is 2.11. The molecule has 2 heteroatoms. The van der Waals surface area contributed by atoms with E-state index in [0.717, 1.165) is 16.5 Å². The predicted octanol–water partition coefficient (Wildman–Crippen LogP) is 5.29. The molecule has 0 spiro atoms. The molecule has 1 aromatic heterocycles. The molecule has 0 radical (unpaired) electrons. The van der Waals surface area contributed by atoms with Crippen LogP contribution in [0.1, 0.15) is 15.9 Å². The van der Waals surface area contributed by atoms with Crippen LogP contribution < -0.4 is 0 Å². The highest BCUT2D eigenvalue weighted by atomic mass is 32.1. The van der Waals surface area contributed by atoms with E-state index in [4.69, 9.17) is 0 Å². The fourth-order valence-electron chi connectivity index (χ4n) is 2.62. The summed E-state index contributed by atoms with van der Waals surface area (Å²) in [7, 11) is 0. The number of ketones is 1. The lowest BCUT2D eigenvalue weighted by Crippen LogP contribution is -2.00. The average molecular weight is 288 g/mol. The fraction of sp³-hybridized carbons (Fsp3) is 0. The zero-order chi connectivity index (χ0) is 14.2. The lowest BCUT2D eigenvalue weighted by atomic mass is 10.0. The van der Waals surface area contributed by atoms with Crippen LogP contribution in [0.15, 0.2) is 72.8 Å². The van der Waals surface area contributed by atoms with Gasteiger partial charge in [0.15, 0.2) is 5.78 Å². The molecule has 21 heavy (non-hydrogen) atoms. The molecule has 3 aromatic carbocycles. The minimum atomic E-state index is 0.0766. The van der Waals surface area contributed by atoms with Crippen molar-refractivity contribution in [1.29, 1.82) is 0 Å². The van der Waals surface area contributed by atoms with Crippen LogP contribution in [0.25, 0.3) is 20.2 Å². The smallest absolute Gasteiger partial charge is 0.193 e. The number of carbonyl (C=O) groups excluding carboxylic acids is 1. The van der Waals surface area contributed by atoms with Crippen molar-refractivity contribution in [1.82, 2.24) is 0 Å². The number of benzene rings is 3. The molecule has 0 fully saturated rings. The van der Waals surface area contributed by atoms with Crippen LogP contribution in [0.4, 0.5) is 0 Å². The zero-order valence-electron chi connectivity index (χ0n) is 11.2. The second kappa shape index (κ2) is 4.83. The van der Waals surface area contributed by atoms with Crippen LogP contribution in [0.2, 0.25) is 0 Å². The van der Waals surface area contributed by atoms with Gasteiger partial charge >= 0.3 is 0 Å². The Kier molecular flexibility index (Phi) is 2.83. The van der Waals surface area contributed by atoms with Gasteiger partial charge in [0.1, 0.15) is 0 Å². The highest BCUT2D eigenvalue weighted by molar-refractivity contribution is 7.25. The molecular formula is C19H12OS. The second-order valence-electron chi connectivity index (χ2n) is 5.00. The minimum absolute atomic E-state index is 0.0766. The number of carbonyl (C=O) groups is 1. The number of rotatable bonds is 2. The molecule has 0 unspecified atom stereocenters. The van der Waals surface area contributed by atoms with E-state index in [1.54, 1.807) is 11.3 Å². The fourth-order valence-corrected chi connectivity index (χ4v) is 3.71. The van der Waals surface area contributed by atoms with Crippen molar-refractivity contribution < 1.29 is 4.79 Å². The number of hydrogen-bond donors (Lipinski definition) is 0. The van der Waals surface area contributed by atoms with E-state index in [-0.39, 0.29) is 5.78 Å². The molecular weight excluding hydrogens is 276 g/mol. The van der Waals surface area contributed by atoms with Crippen molar-refractivity contribution >= 4 is 37.3 Å². The summed E-state index contributed by atoms with van der Waals surface area (Å²) >= 11 is 1.77. The molecule has 1 nitrogen and oxygen atoms in total. The van der Waals surface area contributed by atoms with Crippen LogP contribution in [0.3, 0.4) is 0 Å². The molecule has 0 aliphatic rings. The third-order valence-corrected chi connectivity index (χ3v) is 4.83. The topological polar surface area (TPSA) is 17.1 Å². The summed E-state index contributed by atoms with van der Waals surface area (Å²) in [5.41, 5.74) is 1.48. The standard InChI is InChI=1S/C19H12OS/c20-19(13-6-2-1-3-7-13)14-10-11-18-16(12-14)15-8-4-5-9-17(15)21-18/h1-12H.